The van der Waals surface area contributed by atoms with E-state index in [9.17, 15) is 22.9 Å². The van der Waals surface area contributed by atoms with Crippen LogP contribution >= 0.6 is 0 Å². The summed E-state index contributed by atoms with van der Waals surface area (Å²) in [7, 11) is -3.86. The number of benzene rings is 2. The number of nitrogens with zero attached hydrogens (tertiary/aromatic N) is 4. The smallest absolute Gasteiger partial charge is 0.310 e. The van der Waals surface area contributed by atoms with Crippen LogP contribution in [0, 0.1) is 30.0 Å². The highest BCUT2D eigenvalue weighted by Crippen LogP contribution is 2.26. The molecule has 0 bridgehead atoms. The minimum Gasteiger partial charge on any atom is -0.459 e. The van der Waals surface area contributed by atoms with Gasteiger partial charge in [-0.2, -0.15) is 14.7 Å². The van der Waals surface area contributed by atoms with Crippen LogP contribution in [0.4, 0.5) is 4.39 Å². The van der Waals surface area contributed by atoms with Crippen molar-refractivity contribution in [2.45, 2.75) is 31.3 Å². The lowest BCUT2D eigenvalue weighted by Crippen LogP contribution is -2.42. The first-order chi connectivity index (χ1) is 16.3. The number of nitriles is 1. The van der Waals surface area contributed by atoms with E-state index < -0.39 is 27.7 Å². The van der Waals surface area contributed by atoms with Gasteiger partial charge in [-0.25, -0.2) is 17.5 Å². The molecule has 0 unspecified atom stereocenters. The molecule has 1 aliphatic rings. The van der Waals surface area contributed by atoms with E-state index in [2.05, 4.69) is 11.2 Å². The summed E-state index contributed by atoms with van der Waals surface area (Å²) in [4.78, 5) is 12.8. The Morgan fingerprint density at radius 2 is 1.91 bits per heavy atom. The van der Waals surface area contributed by atoms with Crippen molar-refractivity contribution in [2.75, 3.05) is 13.1 Å². The number of aromatic nitrogens is 2. The molecule has 34 heavy (non-hydrogen) atoms. The predicted molar refractivity (Wildman–Crippen MR) is 121 cm³/mol. The van der Waals surface area contributed by atoms with Crippen molar-refractivity contribution in [1.82, 2.24) is 14.1 Å². The molecular weight excluding hydrogens is 459 g/mol. The molecule has 1 fully saturated rings. The fourth-order valence-corrected chi connectivity index (χ4v) is 5.53. The van der Waals surface area contributed by atoms with E-state index in [1.54, 1.807) is 11.6 Å². The highest BCUT2D eigenvalue weighted by Gasteiger charge is 2.34. The maximum absolute atomic E-state index is 13.2. The number of hydrogen-bond donors (Lipinski definition) is 0. The standard InChI is InChI=1S/C24H23FN4O4S/c1-17-22(14-26)23(29(27-17)20-7-3-2-4-8-20)16-33-24(30)18-6-5-13-28(15-18)34(31,32)21-11-9-19(25)10-12-21/h2-4,7-12,18H,5-6,13,15-16H2,1H3/t18-/m1/s1. The number of carbonyl (C=O) groups excluding carboxylic acids is 1. The minimum atomic E-state index is -3.86. The summed E-state index contributed by atoms with van der Waals surface area (Å²) in [5.41, 5.74) is 2.03. The van der Waals surface area contributed by atoms with Gasteiger partial charge in [-0.1, -0.05) is 18.2 Å². The molecule has 0 aliphatic carbocycles. The number of aryl methyl sites for hydroxylation is 1. The third-order valence-corrected chi connectivity index (χ3v) is 7.67. The Labute approximate surface area is 197 Å². The first kappa shape index (κ1) is 23.6. The summed E-state index contributed by atoms with van der Waals surface area (Å²) >= 11 is 0. The van der Waals surface area contributed by atoms with Crippen molar-refractivity contribution in [1.29, 1.82) is 5.26 Å². The summed E-state index contributed by atoms with van der Waals surface area (Å²) in [6.45, 7) is 1.78. The molecule has 1 saturated heterocycles. The maximum Gasteiger partial charge on any atom is 0.310 e. The Hall–Kier alpha value is -3.55. The van der Waals surface area contributed by atoms with Crippen LogP contribution in [-0.4, -0.2) is 41.6 Å². The highest BCUT2D eigenvalue weighted by molar-refractivity contribution is 7.89. The summed E-state index contributed by atoms with van der Waals surface area (Å²) in [6.07, 6.45) is 0.973. The quantitative estimate of drug-likeness (QED) is 0.499. The SMILES string of the molecule is Cc1nn(-c2ccccc2)c(COC(=O)[C@@H]2CCCN(S(=O)(=O)c3ccc(F)cc3)C2)c1C#N. The average molecular weight is 483 g/mol. The number of rotatable bonds is 6. The van der Waals surface area contributed by atoms with E-state index in [0.717, 1.165) is 17.8 Å². The third kappa shape index (κ3) is 4.71. The van der Waals surface area contributed by atoms with Crippen LogP contribution < -0.4 is 0 Å². The Kier molecular flexibility index (Phi) is 6.77. The van der Waals surface area contributed by atoms with Gasteiger partial charge in [0.1, 0.15) is 24.1 Å². The average Bonchev–Trinajstić information content (AvgIpc) is 3.18. The zero-order valence-corrected chi connectivity index (χ0v) is 19.3. The van der Waals surface area contributed by atoms with Gasteiger partial charge < -0.3 is 4.74 Å². The van der Waals surface area contributed by atoms with Crippen LogP contribution in [0.2, 0.25) is 0 Å². The topological polar surface area (TPSA) is 105 Å². The molecule has 10 heteroatoms. The van der Waals surface area contributed by atoms with E-state index in [1.807, 2.05) is 30.3 Å². The lowest BCUT2D eigenvalue weighted by Gasteiger charge is -2.30. The van der Waals surface area contributed by atoms with Gasteiger partial charge in [0.25, 0.3) is 0 Å². The van der Waals surface area contributed by atoms with Crippen LogP contribution in [0.1, 0.15) is 29.8 Å². The normalized spacial score (nSPS) is 16.7. The Bertz CT molecular complexity index is 1330. The number of carbonyl (C=O) groups is 1. The molecule has 2 aromatic carbocycles. The van der Waals surface area contributed by atoms with Crippen LogP contribution in [0.25, 0.3) is 5.69 Å². The molecule has 1 aromatic heterocycles. The third-order valence-electron chi connectivity index (χ3n) is 5.79. The number of piperidine rings is 1. The van der Waals surface area contributed by atoms with Gasteiger partial charge >= 0.3 is 5.97 Å². The fraction of sp³-hybridized carbons (Fsp3) is 0.292. The number of sulfonamides is 1. The maximum atomic E-state index is 13.2. The molecule has 2 heterocycles. The Morgan fingerprint density at radius 1 is 1.21 bits per heavy atom. The van der Waals surface area contributed by atoms with Crippen molar-refractivity contribution in [3.8, 4) is 11.8 Å². The largest absolute Gasteiger partial charge is 0.459 e. The van der Waals surface area contributed by atoms with E-state index >= 15 is 0 Å². The van der Waals surface area contributed by atoms with Crippen LogP contribution in [0.15, 0.2) is 59.5 Å². The molecule has 0 radical (unpaired) electrons. The number of halogens is 1. The second-order valence-electron chi connectivity index (χ2n) is 8.03. The first-order valence-corrected chi connectivity index (χ1v) is 12.2. The second-order valence-corrected chi connectivity index (χ2v) is 9.97. The van der Waals surface area contributed by atoms with Crippen LogP contribution in [-0.2, 0) is 26.2 Å². The second kappa shape index (κ2) is 9.75. The van der Waals surface area contributed by atoms with E-state index in [1.165, 1.54) is 16.4 Å². The molecular formula is C24H23FN4O4S. The molecule has 0 spiro atoms. The molecule has 1 atom stereocenters. The van der Waals surface area contributed by atoms with Gasteiger partial charge in [-0.3, -0.25) is 4.79 Å². The Morgan fingerprint density at radius 3 is 2.59 bits per heavy atom. The molecule has 0 saturated carbocycles. The lowest BCUT2D eigenvalue weighted by atomic mass is 10.00. The minimum absolute atomic E-state index is 0.0242. The van der Waals surface area contributed by atoms with Crippen LogP contribution in [0.5, 0.6) is 0 Å². The highest BCUT2D eigenvalue weighted by atomic mass is 32.2. The van der Waals surface area contributed by atoms with Gasteiger partial charge in [-0.15, -0.1) is 0 Å². The molecule has 0 N–H and O–H groups in total. The van der Waals surface area contributed by atoms with E-state index in [4.69, 9.17) is 4.74 Å². The monoisotopic (exact) mass is 482 g/mol. The summed E-state index contributed by atoms with van der Waals surface area (Å²) < 4.78 is 47.4. The van der Waals surface area contributed by atoms with E-state index in [0.29, 0.717) is 29.8 Å². The van der Waals surface area contributed by atoms with Gasteiger partial charge in [-0.05, 0) is 56.2 Å². The molecule has 3 aromatic rings. The first-order valence-electron chi connectivity index (χ1n) is 10.8. The van der Waals surface area contributed by atoms with Gasteiger partial charge in [0.15, 0.2) is 0 Å². The predicted octanol–water partition coefficient (Wildman–Crippen LogP) is 3.34. The van der Waals surface area contributed by atoms with Crippen LogP contribution in [0.3, 0.4) is 0 Å². The molecule has 0 amide bonds. The summed E-state index contributed by atoms with van der Waals surface area (Å²) in [5.74, 6) is -1.72. The van der Waals surface area contributed by atoms with Crippen molar-refractivity contribution in [2.24, 2.45) is 5.92 Å². The zero-order valence-electron chi connectivity index (χ0n) is 18.5. The Balaban J connectivity index is 1.49. The van der Waals surface area contributed by atoms with Gasteiger partial charge in [0.05, 0.1) is 27.9 Å². The number of hydrogen-bond acceptors (Lipinski definition) is 6. The lowest BCUT2D eigenvalue weighted by molar-refractivity contribution is -0.151. The number of esters is 1. The van der Waals surface area contributed by atoms with Crippen molar-refractivity contribution < 1.29 is 22.3 Å². The fourth-order valence-electron chi connectivity index (χ4n) is 4.00. The summed E-state index contributed by atoms with van der Waals surface area (Å²) in [5, 5.41) is 14.0. The molecule has 1 aliphatic heterocycles. The van der Waals surface area contributed by atoms with Gasteiger partial charge in [0, 0.05) is 13.1 Å². The molecule has 4 rings (SSSR count). The van der Waals surface area contributed by atoms with Crippen molar-refractivity contribution in [3.05, 3.63) is 77.4 Å². The molecule has 8 nitrogen and oxygen atoms in total. The summed E-state index contributed by atoms with van der Waals surface area (Å²) in [6, 6.07) is 15.9. The zero-order chi connectivity index (χ0) is 24.3. The molecule has 176 valence electrons. The van der Waals surface area contributed by atoms with Crippen molar-refractivity contribution in [3.63, 3.8) is 0 Å². The number of ether oxygens (including phenoxy) is 1. The van der Waals surface area contributed by atoms with Crippen molar-refractivity contribution >= 4 is 16.0 Å². The van der Waals surface area contributed by atoms with E-state index in [-0.39, 0.29) is 24.6 Å². The van der Waals surface area contributed by atoms with Gasteiger partial charge in [0.2, 0.25) is 10.0 Å². The number of para-hydroxylation sites is 1.